The normalized spacial score (nSPS) is 23.0. The van der Waals surface area contributed by atoms with E-state index in [1.54, 1.807) is 0 Å². The number of fused-ring (bicyclic) bond motifs is 1. The van der Waals surface area contributed by atoms with Crippen molar-refractivity contribution in [2.75, 3.05) is 11.9 Å². The molecule has 0 amide bonds. The molecule has 0 aromatic carbocycles. The van der Waals surface area contributed by atoms with Crippen molar-refractivity contribution in [3.63, 3.8) is 0 Å². The first-order valence-electron chi connectivity index (χ1n) is 6.46. The lowest BCUT2D eigenvalue weighted by Gasteiger charge is -2.34. The van der Waals surface area contributed by atoms with Gasteiger partial charge in [-0.3, -0.25) is 0 Å². The molecular formula is C13H18N4O. The molecule has 3 rings (SSSR count). The van der Waals surface area contributed by atoms with Crippen molar-refractivity contribution in [3.05, 3.63) is 23.9 Å². The molecule has 1 aliphatic rings. The molecule has 5 heteroatoms. The van der Waals surface area contributed by atoms with E-state index in [4.69, 9.17) is 4.74 Å². The SMILES string of the molecule is CCOC1CC(Nc2nc3c(C)cccn3n2)C1. The number of pyridine rings is 1. The molecule has 0 unspecified atom stereocenters. The van der Waals surface area contributed by atoms with Crippen LogP contribution in [-0.4, -0.2) is 33.4 Å². The maximum absolute atomic E-state index is 5.54. The molecule has 0 radical (unpaired) electrons. The summed E-state index contributed by atoms with van der Waals surface area (Å²) >= 11 is 0. The van der Waals surface area contributed by atoms with Crippen LogP contribution in [0.15, 0.2) is 18.3 Å². The standard InChI is InChI=1S/C13H18N4O/c1-3-18-11-7-10(8-11)14-13-15-12-9(2)5-4-6-17(12)16-13/h4-6,10-11H,3,7-8H2,1-2H3,(H,14,16). The Bertz CT molecular complexity index is 545. The van der Waals surface area contributed by atoms with Gasteiger partial charge in [0, 0.05) is 18.8 Å². The Morgan fingerprint density at radius 2 is 2.33 bits per heavy atom. The summed E-state index contributed by atoms with van der Waals surface area (Å²) in [7, 11) is 0. The number of aryl methyl sites for hydroxylation is 1. The molecule has 1 saturated carbocycles. The number of aromatic nitrogens is 3. The highest BCUT2D eigenvalue weighted by Crippen LogP contribution is 2.26. The van der Waals surface area contributed by atoms with Crippen LogP contribution >= 0.6 is 0 Å². The van der Waals surface area contributed by atoms with Crippen LogP contribution in [0.25, 0.3) is 5.65 Å². The van der Waals surface area contributed by atoms with Gasteiger partial charge in [0.1, 0.15) is 0 Å². The number of hydrogen-bond acceptors (Lipinski definition) is 4. The summed E-state index contributed by atoms with van der Waals surface area (Å²) < 4.78 is 7.35. The summed E-state index contributed by atoms with van der Waals surface area (Å²) in [5.74, 6) is 0.712. The monoisotopic (exact) mass is 246 g/mol. The molecule has 18 heavy (non-hydrogen) atoms. The average Bonchev–Trinajstić information content (AvgIpc) is 2.71. The molecule has 1 fully saturated rings. The molecule has 2 aromatic heterocycles. The number of anilines is 1. The second kappa shape index (κ2) is 4.57. The predicted molar refractivity (Wildman–Crippen MR) is 69.8 cm³/mol. The van der Waals surface area contributed by atoms with E-state index in [1.807, 2.05) is 36.7 Å². The summed E-state index contributed by atoms with van der Waals surface area (Å²) in [5.41, 5.74) is 2.06. The first kappa shape index (κ1) is 11.5. The zero-order chi connectivity index (χ0) is 12.5. The van der Waals surface area contributed by atoms with Gasteiger partial charge in [-0.05, 0) is 38.3 Å². The van der Waals surface area contributed by atoms with Gasteiger partial charge < -0.3 is 10.1 Å². The third-order valence-electron chi connectivity index (χ3n) is 3.39. The van der Waals surface area contributed by atoms with E-state index < -0.39 is 0 Å². The van der Waals surface area contributed by atoms with Crippen LogP contribution in [0.1, 0.15) is 25.3 Å². The molecule has 2 heterocycles. The van der Waals surface area contributed by atoms with Gasteiger partial charge in [-0.25, -0.2) is 4.52 Å². The molecule has 96 valence electrons. The Balaban J connectivity index is 1.67. The highest BCUT2D eigenvalue weighted by molar-refractivity contribution is 5.50. The maximum atomic E-state index is 5.54. The fourth-order valence-corrected chi connectivity index (χ4v) is 2.34. The first-order chi connectivity index (χ1) is 8.76. The first-order valence-corrected chi connectivity index (χ1v) is 6.46. The van der Waals surface area contributed by atoms with Gasteiger partial charge in [-0.15, -0.1) is 5.10 Å². The molecule has 0 spiro atoms. The van der Waals surface area contributed by atoms with Crippen LogP contribution in [0.2, 0.25) is 0 Å². The van der Waals surface area contributed by atoms with E-state index in [1.165, 1.54) is 0 Å². The lowest BCUT2D eigenvalue weighted by atomic mass is 9.89. The van der Waals surface area contributed by atoms with Gasteiger partial charge in [-0.1, -0.05) is 6.07 Å². The van der Waals surface area contributed by atoms with E-state index in [0.29, 0.717) is 18.1 Å². The summed E-state index contributed by atoms with van der Waals surface area (Å²) in [4.78, 5) is 4.51. The minimum Gasteiger partial charge on any atom is -0.378 e. The Morgan fingerprint density at radius 3 is 3.06 bits per heavy atom. The van der Waals surface area contributed by atoms with Gasteiger partial charge in [0.05, 0.1) is 6.10 Å². The number of ether oxygens (including phenoxy) is 1. The highest BCUT2D eigenvalue weighted by Gasteiger charge is 2.30. The van der Waals surface area contributed by atoms with Crippen molar-refractivity contribution in [2.24, 2.45) is 0 Å². The summed E-state index contributed by atoms with van der Waals surface area (Å²) in [6.07, 6.45) is 4.42. The Hall–Kier alpha value is -1.62. The Labute approximate surface area is 106 Å². The molecule has 0 atom stereocenters. The van der Waals surface area contributed by atoms with Crippen LogP contribution in [0, 0.1) is 6.92 Å². The van der Waals surface area contributed by atoms with Gasteiger partial charge in [-0.2, -0.15) is 4.98 Å². The Kier molecular flexibility index (Phi) is 2.91. The number of rotatable bonds is 4. The van der Waals surface area contributed by atoms with Crippen LogP contribution in [-0.2, 0) is 4.74 Å². The Morgan fingerprint density at radius 1 is 1.50 bits per heavy atom. The van der Waals surface area contributed by atoms with E-state index in [9.17, 15) is 0 Å². The molecule has 0 bridgehead atoms. The second-order valence-electron chi connectivity index (χ2n) is 4.78. The molecular weight excluding hydrogens is 228 g/mol. The molecule has 5 nitrogen and oxygen atoms in total. The molecule has 0 aliphatic heterocycles. The topological polar surface area (TPSA) is 51.5 Å². The van der Waals surface area contributed by atoms with Crippen molar-refractivity contribution in [1.82, 2.24) is 14.6 Å². The van der Waals surface area contributed by atoms with E-state index in [2.05, 4.69) is 15.4 Å². The summed E-state index contributed by atoms with van der Waals surface area (Å²) in [6, 6.07) is 4.47. The molecule has 2 aromatic rings. The second-order valence-corrected chi connectivity index (χ2v) is 4.78. The number of nitrogens with one attached hydrogen (secondary N) is 1. The van der Waals surface area contributed by atoms with Crippen molar-refractivity contribution in [3.8, 4) is 0 Å². The van der Waals surface area contributed by atoms with Crippen molar-refractivity contribution in [2.45, 2.75) is 38.8 Å². The minimum absolute atomic E-state index is 0.409. The van der Waals surface area contributed by atoms with Crippen LogP contribution in [0.4, 0.5) is 5.95 Å². The van der Waals surface area contributed by atoms with E-state index in [-0.39, 0.29) is 0 Å². The van der Waals surface area contributed by atoms with Crippen molar-refractivity contribution in [1.29, 1.82) is 0 Å². The lowest BCUT2D eigenvalue weighted by molar-refractivity contribution is 0.00286. The predicted octanol–water partition coefficient (Wildman–Crippen LogP) is 2.02. The van der Waals surface area contributed by atoms with Gasteiger partial charge in [0.15, 0.2) is 5.65 Å². The van der Waals surface area contributed by atoms with Crippen molar-refractivity contribution < 1.29 is 4.74 Å². The van der Waals surface area contributed by atoms with Gasteiger partial charge in [0.25, 0.3) is 0 Å². The third kappa shape index (κ3) is 2.06. The minimum atomic E-state index is 0.409. The van der Waals surface area contributed by atoms with Crippen molar-refractivity contribution >= 4 is 11.6 Å². The van der Waals surface area contributed by atoms with E-state index in [0.717, 1.165) is 30.7 Å². The third-order valence-corrected chi connectivity index (χ3v) is 3.39. The van der Waals surface area contributed by atoms with E-state index >= 15 is 0 Å². The smallest absolute Gasteiger partial charge is 0.243 e. The highest BCUT2D eigenvalue weighted by atomic mass is 16.5. The van der Waals surface area contributed by atoms with Crippen LogP contribution in [0.5, 0.6) is 0 Å². The molecule has 0 saturated heterocycles. The zero-order valence-corrected chi connectivity index (χ0v) is 10.8. The van der Waals surface area contributed by atoms with Gasteiger partial charge >= 0.3 is 0 Å². The fraction of sp³-hybridized carbons (Fsp3) is 0.538. The fourth-order valence-electron chi connectivity index (χ4n) is 2.34. The number of hydrogen-bond donors (Lipinski definition) is 1. The maximum Gasteiger partial charge on any atom is 0.243 e. The average molecular weight is 246 g/mol. The molecule has 1 N–H and O–H groups in total. The summed E-state index contributed by atoms with van der Waals surface area (Å²) in [6.45, 7) is 4.87. The van der Waals surface area contributed by atoms with Crippen LogP contribution in [0.3, 0.4) is 0 Å². The molecule has 1 aliphatic carbocycles. The van der Waals surface area contributed by atoms with Crippen LogP contribution < -0.4 is 5.32 Å². The zero-order valence-electron chi connectivity index (χ0n) is 10.8. The largest absolute Gasteiger partial charge is 0.378 e. The number of nitrogens with zero attached hydrogens (tertiary/aromatic N) is 3. The summed E-state index contributed by atoms with van der Waals surface area (Å²) in [5, 5.41) is 7.78. The van der Waals surface area contributed by atoms with Gasteiger partial charge in [0.2, 0.25) is 5.95 Å². The lowest BCUT2D eigenvalue weighted by Crippen LogP contribution is -2.41. The quantitative estimate of drug-likeness (QED) is 0.896.